The molecule has 0 aliphatic carbocycles. The van der Waals surface area contributed by atoms with Crippen LogP contribution >= 0.6 is 0 Å². The number of amides is 1. The summed E-state index contributed by atoms with van der Waals surface area (Å²) in [5.41, 5.74) is 6.83. The molecule has 2 N–H and O–H groups in total. The van der Waals surface area contributed by atoms with Gasteiger partial charge in [0.1, 0.15) is 5.75 Å². The molecule has 0 radical (unpaired) electrons. The number of ether oxygens (including phenoxy) is 1. The predicted octanol–water partition coefficient (Wildman–Crippen LogP) is 2.42. The van der Waals surface area contributed by atoms with Gasteiger partial charge < -0.3 is 15.4 Å². The summed E-state index contributed by atoms with van der Waals surface area (Å²) in [5, 5.41) is 0. The van der Waals surface area contributed by atoms with E-state index in [1.54, 1.807) is 11.9 Å². The summed E-state index contributed by atoms with van der Waals surface area (Å²) in [7, 11) is 1.78. The standard InChI is InChI=1S/C16H26N2O2/c1-6-20-13-9-7-12(8-10-13)11-18(5)15(19)14(17)16(2,3)4/h7-10,14H,6,11,17H2,1-5H3. The highest BCUT2D eigenvalue weighted by atomic mass is 16.5. The van der Waals surface area contributed by atoms with E-state index in [0.717, 1.165) is 11.3 Å². The third-order valence-corrected chi connectivity index (χ3v) is 3.23. The van der Waals surface area contributed by atoms with E-state index in [1.165, 1.54) is 0 Å². The van der Waals surface area contributed by atoms with Crippen molar-refractivity contribution >= 4 is 5.91 Å². The Kier molecular flexibility index (Phi) is 5.57. The fourth-order valence-electron chi connectivity index (χ4n) is 1.82. The van der Waals surface area contributed by atoms with Gasteiger partial charge in [-0.3, -0.25) is 4.79 Å². The second kappa shape index (κ2) is 6.75. The molecule has 4 nitrogen and oxygen atoms in total. The van der Waals surface area contributed by atoms with E-state index < -0.39 is 6.04 Å². The highest BCUT2D eigenvalue weighted by Crippen LogP contribution is 2.20. The first kappa shape index (κ1) is 16.5. The van der Waals surface area contributed by atoms with E-state index in [0.29, 0.717) is 13.2 Å². The van der Waals surface area contributed by atoms with Crippen molar-refractivity contribution in [2.45, 2.75) is 40.3 Å². The van der Waals surface area contributed by atoms with E-state index >= 15 is 0 Å². The van der Waals surface area contributed by atoms with E-state index in [1.807, 2.05) is 52.0 Å². The van der Waals surface area contributed by atoms with Crippen molar-refractivity contribution in [3.8, 4) is 5.75 Å². The zero-order chi connectivity index (χ0) is 15.3. The number of likely N-dealkylation sites (N-methyl/N-ethyl adjacent to an activating group) is 1. The summed E-state index contributed by atoms with van der Waals surface area (Å²) in [4.78, 5) is 13.9. The van der Waals surface area contributed by atoms with Crippen LogP contribution < -0.4 is 10.5 Å². The maximum absolute atomic E-state index is 12.2. The fourth-order valence-corrected chi connectivity index (χ4v) is 1.82. The molecule has 20 heavy (non-hydrogen) atoms. The molecular weight excluding hydrogens is 252 g/mol. The number of benzene rings is 1. The molecule has 1 aromatic rings. The molecule has 0 aliphatic rings. The van der Waals surface area contributed by atoms with Crippen molar-refractivity contribution < 1.29 is 9.53 Å². The van der Waals surface area contributed by atoms with Crippen LogP contribution in [0.2, 0.25) is 0 Å². The van der Waals surface area contributed by atoms with Gasteiger partial charge in [-0.1, -0.05) is 32.9 Å². The van der Waals surface area contributed by atoms with Crippen molar-refractivity contribution in [2.75, 3.05) is 13.7 Å². The maximum atomic E-state index is 12.2. The highest BCUT2D eigenvalue weighted by molar-refractivity contribution is 5.82. The molecule has 0 spiro atoms. The first-order valence-electron chi connectivity index (χ1n) is 6.98. The third kappa shape index (κ3) is 4.53. The topological polar surface area (TPSA) is 55.6 Å². The molecule has 1 aromatic carbocycles. The number of carbonyl (C=O) groups excluding carboxylic acids is 1. The van der Waals surface area contributed by atoms with Crippen molar-refractivity contribution in [2.24, 2.45) is 11.1 Å². The molecule has 0 bridgehead atoms. The molecule has 0 fully saturated rings. The van der Waals surface area contributed by atoms with Gasteiger partial charge in [0.15, 0.2) is 0 Å². The first-order valence-corrected chi connectivity index (χ1v) is 6.98. The monoisotopic (exact) mass is 278 g/mol. The molecule has 112 valence electrons. The SMILES string of the molecule is CCOc1ccc(CN(C)C(=O)C(N)C(C)(C)C)cc1. The Morgan fingerprint density at radius 3 is 2.30 bits per heavy atom. The first-order chi connectivity index (χ1) is 9.25. The molecule has 4 heteroatoms. The lowest BCUT2D eigenvalue weighted by Crippen LogP contribution is -2.48. The van der Waals surface area contributed by atoms with E-state index in [4.69, 9.17) is 10.5 Å². The smallest absolute Gasteiger partial charge is 0.240 e. The second-order valence-electron chi connectivity index (χ2n) is 6.11. The Morgan fingerprint density at radius 1 is 1.30 bits per heavy atom. The van der Waals surface area contributed by atoms with Crippen LogP contribution in [0.4, 0.5) is 0 Å². The number of hydrogen-bond acceptors (Lipinski definition) is 3. The fraction of sp³-hybridized carbons (Fsp3) is 0.562. The van der Waals surface area contributed by atoms with Crippen LogP contribution in [0.1, 0.15) is 33.3 Å². The molecule has 0 heterocycles. The average Bonchev–Trinajstić information content (AvgIpc) is 2.38. The Hall–Kier alpha value is -1.55. The van der Waals surface area contributed by atoms with Gasteiger partial charge in [-0.05, 0) is 30.0 Å². The van der Waals surface area contributed by atoms with Crippen molar-refractivity contribution in [3.63, 3.8) is 0 Å². The van der Waals surface area contributed by atoms with Crippen LogP contribution in [0.25, 0.3) is 0 Å². The lowest BCUT2D eigenvalue weighted by molar-refractivity contribution is -0.134. The summed E-state index contributed by atoms with van der Waals surface area (Å²) < 4.78 is 5.40. The second-order valence-corrected chi connectivity index (χ2v) is 6.11. The highest BCUT2D eigenvalue weighted by Gasteiger charge is 2.29. The van der Waals surface area contributed by atoms with Gasteiger partial charge >= 0.3 is 0 Å². The minimum Gasteiger partial charge on any atom is -0.494 e. The van der Waals surface area contributed by atoms with Gasteiger partial charge in [0.2, 0.25) is 5.91 Å². The summed E-state index contributed by atoms with van der Waals surface area (Å²) >= 11 is 0. The van der Waals surface area contributed by atoms with Gasteiger partial charge in [-0.15, -0.1) is 0 Å². The molecular formula is C16H26N2O2. The number of nitrogens with two attached hydrogens (primary N) is 1. The van der Waals surface area contributed by atoms with E-state index in [-0.39, 0.29) is 11.3 Å². The Bertz CT molecular complexity index is 435. The molecule has 0 saturated heterocycles. The van der Waals surface area contributed by atoms with Crippen LogP contribution in [-0.4, -0.2) is 30.5 Å². The van der Waals surface area contributed by atoms with E-state index in [2.05, 4.69) is 0 Å². The van der Waals surface area contributed by atoms with Crippen LogP contribution in [0.3, 0.4) is 0 Å². The zero-order valence-electron chi connectivity index (χ0n) is 13.1. The number of carbonyl (C=O) groups is 1. The van der Waals surface area contributed by atoms with Crippen LogP contribution in [0.15, 0.2) is 24.3 Å². The molecule has 1 unspecified atom stereocenters. The molecule has 0 saturated carbocycles. The van der Waals surface area contributed by atoms with Gasteiger partial charge in [0.05, 0.1) is 12.6 Å². The van der Waals surface area contributed by atoms with Crippen LogP contribution in [0, 0.1) is 5.41 Å². The molecule has 1 rings (SSSR count). The largest absolute Gasteiger partial charge is 0.494 e. The normalized spacial score (nSPS) is 12.9. The molecule has 0 aliphatic heterocycles. The summed E-state index contributed by atoms with van der Waals surface area (Å²) in [6, 6.07) is 7.28. The van der Waals surface area contributed by atoms with Crippen molar-refractivity contribution in [3.05, 3.63) is 29.8 Å². The molecule has 1 atom stereocenters. The van der Waals surface area contributed by atoms with Gasteiger partial charge in [-0.25, -0.2) is 0 Å². The van der Waals surface area contributed by atoms with Crippen LogP contribution in [-0.2, 0) is 11.3 Å². The van der Waals surface area contributed by atoms with Gasteiger partial charge in [0, 0.05) is 13.6 Å². The summed E-state index contributed by atoms with van der Waals surface area (Å²) in [5.74, 6) is 0.808. The minimum absolute atomic E-state index is 0.0358. The Morgan fingerprint density at radius 2 is 1.85 bits per heavy atom. The lowest BCUT2D eigenvalue weighted by Gasteiger charge is -2.30. The van der Waals surface area contributed by atoms with E-state index in [9.17, 15) is 4.79 Å². The number of rotatable bonds is 5. The average molecular weight is 278 g/mol. The Labute approximate surface area is 121 Å². The number of nitrogens with zero attached hydrogens (tertiary/aromatic N) is 1. The minimum atomic E-state index is -0.491. The zero-order valence-corrected chi connectivity index (χ0v) is 13.1. The molecule has 1 amide bonds. The van der Waals surface area contributed by atoms with Gasteiger partial charge in [0.25, 0.3) is 0 Å². The van der Waals surface area contributed by atoms with Gasteiger partial charge in [-0.2, -0.15) is 0 Å². The third-order valence-electron chi connectivity index (χ3n) is 3.23. The quantitative estimate of drug-likeness (QED) is 0.900. The van der Waals surface area contributed by atoms with Crippen LogP contribution in [0.5, 0.6) is 5.75 Å². The molecule has 0 aromatic heterocycles. The van der Waals surface area contributed by atoms with Crippen molar-refractivity contribution in [1.82, 2.24) is 4.90 Å². The summed E-state index contributed by atoms with van der Waals surface area (Å²) in [6.45, 7) is 9.07. The van der Waals surface area contributed by atoms with Crippen molar-refractivity contribution in [1.29, 1.82) is 0 Å². The maximum Gasteiger partial charge on any atom is 0.240 e. The summed E-state index contributed by atoms with van der Waals surface area (Å²) in [6.07, 6.45) is 0. The number of hydrogen-bond donors (Lipinski definition) is 1. The Balaban J connectivity index is 2.66. The lowest BCUT2D eigenvalue weighted by atomic mass is 9.86. The predicted molar refractivity (Wildman–Crippen MR) is 81.5 cm³/mol.